The summed E-state index contributed by atoms with van der Waals surface area (Å²) in [5.41, 5.74) is 6.07. The van der Waals surface area contributed by atoms with E-state index in [-0.39, 0.29) is 10.6 Å². The maximum absolute atomic E-state index is 12.2. The molecule has 108 valence electrons. The first-order valence-electron chi connectivity index (χ1n) is 5.98. The SMILES string of the molecule is COc1cc(N)ccc1S(=O)(=O)NCCc1cccs1. The van der Waals surface area contributed by atoms with E-state index >= 15 is 0 Å². The monoisotopic (exact) mass is 312 g/mol. The van der Waals surface area contributed by atoms with Gasteiger partial charge in [-0.3, -0.25) is 0 Å². The molecule has 0 aliphatic carbocycles. The summed E-state index contributed by atoms with van der Waals surface area (Å²) in [5, 5.41) is 1.97. The Morgan fingerprint density at radius 1 is 1.35 bits per heavy atom. The maximum Gasteiger partial charge on any atom is 0.244 e. The van der Waals surface area contributed by atoms with Crippen LogP contribution in [-0.4, -0.2) is 22.1 Å². The predicted molar refractivity (Wildman–Crippen MR) is 80.6 cm³/mol. The van der Waals surface area contributed by atoms with Crippen molar-refractivity contribution in [2.24, 2.45) is 0 Å². The molecule has 1 aromatic heterocycles. The molecule has 0 aliphatic heterocycles. The second-order valence-corrected chi connectivity index (χ2v) is 6.91. The lowest BCUT2D eigenvalue weighted by molar-refractivity contribution is 0.402. The molecule has 0 bridgehead atoms. The van der Waals surface area contributed by atoms with Crippen molar-refractivity contribution in [3.8, 4) is 5.75 Å². The van der Waals surface area contributed by atoms with Gasteiger partial charge in [-0.25, -0.2) is 13.1 Å². The van der Waals surface area contributed by atoms with E-state index in [0.717, 1.165) is 4.88 Å². The van der Waals surface area contributed by atoms with Crippen LogP contribution in [-0.2, 0) is 16.4 Å². The molecule has 7 heteroatoms. The Bertz CT molecular complexity index is 667. The Kier molecular flexibility index (Phi) is 4.64. The molecule has 1 heterocycles. The average Bonchev–Trinajstić information content (AvgIpc) is 2.91. The summed E-state index contributed by atoms with van der Waals surface area (Å²) in [5.74, 6) is 0.244. The number of nitrogens with two attached hydrogens (primary N) is 1. The summed E-state index contributed by atoms with van der Waals surface area (Å²) >= 11 is 1.60. The molecule has 1 aromatic carbocycles. The highest BCUT2D eigenvalue weighted by atomic mass is 32.2. The van der Waals surface area contributed by atoms with Crippen molar-refractivity contribution in [3.05, 3.63) is 40.6 Å². The first-order valence-corrected chi connectivity index (χ1v) is 8.35. The summed E-state index contributed by atoms with van der Waals surface area (Å²) < 4.78 is 32.1. The number of methoxy groups -OCH3 is 1. The number of rotatable bonds is 6. The molecule has 0 atom stereocenters. The number of anilines is 1. The zero-order chi connectivity index (χ0) is 14.6. The van der Waals surface area contributed by atoms with Crippen LogP contribution in [0.5, 0.6) is 5.75 Å². The summed E-state index contributed by atoms with van der Waals surface area (Å²) in [7, 11) is -2.18. The molecular formula is C13H16N2O3S2. The van der Waals surface area contributed by atoms with Gasteiger partial charge in [0.15, 0.2) is 0 Å². The minimum atomic E-state index is -3.60. The van der Waals surface area contributed by atoms with Crippen LogP contribution in [0.15, 0.2) is 40.6 Å². The van der Waals surface area contributed by atoms with E-state index in [4.69, 9.17) is 10.5 Å². The lowest BCUT2D eigenvalue weighted by Crippen LogP contribution is -2.26. The molecule has 0 unspecified atom stereocenters. The molecule has 20 heavy (non-hydrogen) atoms. The number of nitrogens with one attached hydrogen (secondary N) is 1. The van der Waals surface area contributed by atoms with Gasteiger partial charge in [-0.05, 0) is 30.0 Å². The van der Waals surface area contributed by atoms with Crippen LogP contribution in [0.25, 0.3) is 0 Å². The van der Waals surface area contributed by atoms with E-state index in [2.05, 4.69) is 4.72 Å². The number of ether oxygens (including phenoxy) is 1. The van der Waals surface area contributed by atoms with Crippen LogP contribution < -0.4 is 15.2 Å². The second kappa shape index (κ2) is 6.25. The van der Waals surface area contributed by atoms with Crippen molar-refractivity contribution in [3.63, 3.8) is 0 Å². The molecule has 0 aliphatic rings. The fraction of sp³-hybridized carbons (Fsp3) is 0.231. The van der Waals surface area contributed by atoms with Gasteiger partial charge in [0.1, 0.15) is 10.6 Å². The number of hydrogen-bond acceptors (Lipinski definition) is 5. The highest BCUT2D eigenvalue weighted by molar-refractivity contribution is 7.89. The van der Waals surface area contributed by atoms with Crippen LogP contribution in [0.4, 0.5) is 5.69 Å². The quantitative estimate of drug-likeness (QED) is 0.798. The molecule has 0 spiro atoms. The van der Waals surface area contributed by atoms with Crippen molar-refractivity contribution < 1.29 is 13.2 Å². The normalized spacial score (nSPS) is 11.4. The van der Waals surface area contributed by atoms with E-state index in [1.165, 1.54) is 25.3 Å². The van der Waals surface area contributed by atoms with Crippen LogP contribution in [0, 0.1) is 0 Å². The third-order valence-corrected chi connectivity index (χ3v) is 5.16. The molecule has 0 fully saturated rings. The van der Waals surface area contributed by atoms with E-state index in [1.54, 1.807) is 11.3 Å². The van der Waals surface area contributed by atoms with Gasteiger partial charge in [-0.15, -0.1) is 11.3 Å². The van der Waals surface area contributed by atoms with Gasteiger partial charge in [-0.1, -0.05) is 6.07 Å². The Morgan fingerprint density at radius 2 is 2.15 bits per heavy atom. The van der Waals surface area contributed by atoms with Crippen molar-refractivity contribution >= 4 is 27.0 Å². The average molecular weight is 312 g/mol. The fourth-order valence-electron chi connectivity index (χ4n) is 1.75. The number of hydrogen-bond donors (Lipinski definition) is 2. The third kappa shape index (κ3) is 3.50. The number of sulfonamides is 1. The number of benzene rings is 1. The topological polar surface area (TPSA) is 81.4 Å². The van der Waals surface area contributed by atoms with E-state index in [9.17, 15) is 8.42 Å². The molecule has 0 saturated carbocycles. The fourth-order valence-corrected chi connectivity index (χ4v) is 3.64. The van der Waals surface area contributed by atoms with E-state index in [0.29, 0.717) is 18.7 Å². The number of thiophene rings is 1. The van der Waals surface area contributed by atoms with Crippen LogP contribution in [0.1, 0.15) is 4.88 Å². The minimum absolute atomic E-state index is 0.0976. The largest absolute Gasteiger partial charge is 0.495 e. The van der Waals surface area contributed by atoms with Gasteiger partial charge < -0.3 is 10.5 Å². The highest BCUT2D eigenvalue weighted by Gasteiger charge is 2.19. The second-order valence-electron chi connectivity index (χ2n) is 4.14. The molecule has 2 rings (SSSR count). The molecular weight excluding hydrogens is 296 g/mol. The van der Waals surface area contributed by atoms with Gasteiger partial charge in [-0.2, -0.15) is 0 Å². The zero-order valence-electron chi connectivity index (χ0n) is 11.0. The summed E-state index contributed by atoms with van der Waals surface area (Å²) in [6, 6.07) is 8.39. The van der Waals surface area contributed by atoms with Gasteiger partial charge in [0.25, 0.3) is 0 Å². The smallest absolute Gasteiger partial charge is 0.244 e. The first-order chi connectivity index (χ1) is 9.53. The summed E-state index contributed by atoms with van der Waals surface area (Å²) in [6.07, 6.45) is 0.661. The molecule has 0 saturated heterocycles. The molecule has 3 N–H and O–H groups in total. The summed E-state index contributed by atoms with van der Waals surface area (Å²) in [4.78, 5) is 1.23. The lowest BCUT2D eigenvalue weighted by Gasteiger charge is -2.11. The zero-order valence-corrected chi connectivity index (χ0v) is 12.6. The molecule has 0 radical (unpaired) electrons. The summed E-state index contributed by atoms with van der Waals surface area (Å²) in [6.45, 7) is 0.344. The van der Waals surface area contributed by atoms with Gasteiger partial charge in [0.05, 0.1) is 7.11 Å². The van der Waals surface area contributed by atoms with Crippen molar-refractivity contribution in [1.82, 2.24) is 4.72 Å². The number of nitrogen functional groups attached to an aromatic ring is 1. The highest BCUT2D eigenvalue weighted by Crippen LogP contribution is 2.25. The Hall–Kier alpha value is -1.57. The third-order valence-electron chi connectivity index (χ3n) is 2.72. The van der Waals surface area contributed by atoms with Crippen LogP contribution in [0.2, 0.25) is 0 Å². The Labute approximate surface area is 122 Å². The molecule has 0 amide bonds. The van der Waals surface area contributed by atoms with Crippen molar-refractivity contribution in [2.75, 3.05) is 19.4 Å². The van der Waals surface area contributed by atoms with Crippen molar-refractivity contribution in [2.45, 2.75) is 11.3 Å². The van der Waals surface area contributed by atoms with Crippen LogP contribution in [0.3, 0.4) is 0 Å². The Morgan fingerprint density at radius 3 is 2.80 bits per heavy atom. The Balaban J connectivity index is 2.10. The molecule has 5 nitrogen and oxygen atoms in total. The lowest BCUT2D eigenvalue weighted by atomic mass is 10.3. The van der Waals surface area contributed by atoms with E-state index in [1.807, 2.05) is 17.5 Å². The first kappa shape index (κ1) is 14.8. The minimum Gasteiger partial charge on any atom is -0.495 e. The van der Waals surface area contributed by atoms with Gasteiger partial charge in [0.2, 0.25) is 10.0 Å². The molecule has 2 aromatic rings. The maximum atomic E-state index is 12.2. The van der Waals surface area contributed by atoms with Gasteiger partial charge >= 0.3 is 0 Å². The standard InChI is InChI=1S/C13H16N2O3S2/c1-18-12-9-10(14)4-5-13(12)20(16,17)15-7-6-11-3-2-8-19-11/h2-5,8-9,15H,6-7,14H2,1H3. The van der Waals surface area contributed by atoms with E-state index < -0.39 is 10.0 Å². The van der Waals surface area contributed by atoms with Gasteiger partial charge in [0, 0.05) is 23.2 Å². The predicted octanol–water partition coefficient (Wildman–Crippen LogP) is 1.86. The van der Waals surface area contributed by atoms with Crippen molar-refractivity contribution in [1.29, 1.82) is 0 Å². The van der Waals surface area contributed by atoms with Crippen LogP contribution >= 0.6 is 11.3 Å².